The number of aliphatic hydroxyl groups excluding tert-OH is 1. The van der Waals surface area contributed by atoms with Crippen LogP contribution in [0, 0.1) is 0 Å². The maximum Gasteiger partial charge on any atom is 0.261 e. The highest BCUT2D eigenvalue weighted by Crippen LogP contribution is 2.39. The van der Waals surface area contributed by atoms with Crippen LogP contribution in [0.3, 0.4) is 0 Å². The molecule has 3 N–H and O–H groups in total. The van der Waals surface area contributed by atoms with Crippen molar-refractivity contribution in [3.8, 4) is 0 Å². The van der Waals surface area contributed by atoms with Gasteiger partial charge in [-0.25, -0.2) is 19.3 Å². The normalized spacial score (nSPS) is 22.8. The van der Waals surface area contributed by atoms with E-state index >= 15 is 4.39 Å². The molecule has 1 saturated heterocycles. The smallest absolute Gasteiger partial charge is 0.261 e. The second-order valence-corrected chi connectivity index (χ2v) is 14.4. The van der Waals surface area contributed by atoms with Gasteiger partial charge in [0.1, 0.15) is 24.1 Å². The molecule has 0 unspecified atom stereocenters. The molecule has 3 heterocycles. The molecule has 0 spiro atoms. The van der Waals surface area contributed by atoms with E-state index in [0.29, 0.717) is 11.2 Å². The zero-order valence-corrected chi connectivity index (χ0v) is 21.5. The summed E-state index contributed by atoms with van der Waals surface area (Å²) in [5.41, 5.74) is 6.58. The summed E-state index contributed by atoms with van der Waals surface area (Å²) in [5, 5.41) is 12.8. The summed E-state index contributed by atoms with van der Waals surface area (Å²) in [7, 11) is -2.88. The first-order valence-corrected chi connectivity index (χ1v) is 13.8. The third kappa shape index (κ3) is 3.99. The van der Waals surface area contributed by atoms with Crippen LogP contribution < -0.4 is 16.1 Å². The highest BCUT2D eigenvalue weighted by molar-refractivity contribution is 6.99. The van der Waals surface area contributed by atoms with E-state index in [-0.39, 0.29) is 17.5 Å². The third-order valence-corrected chi connectivity index (χ3v) is 11.8. The van der Waals surface area contributed by atoms with Gasteiger partial charge >= 0.3 is 0 Å². The van der Waals surface area contributed by atoms with E-state index in [9.17, 15) is 5.11 Å². The zero-order chi connectivity index (χ0) is 25.5. The second kappa shape index (κ2) is 9.36. The van der Waals surface area contributed by atoms with Gasteiger partial charge in [0.15, 0.2) is 23.9 Å². The van der Waals surface area contributed by atoms with Gasteiger partial charge in [0.05, 0.1) is 12.9 Å². The van der Waals surface area contributed by atoms with Gasteiger partial charge in [0, 0.05) is 0 Å². The Morgan fingerprint density at radius 1 is 1.03 bits per heavy atom. The van der Waals surface area contributed by atoms with Crippen LogP contribution >= 0.6 is 0 Å². The number of nitrogen functional groups attached to an aromatic ring is 1. The number of rotatable bonds is 6. The van der Waals surface area contributed by atoms with Crippen LogP contribution in [0.2, 0.25) is 5.04 Å². The summed E-state index contributed by atoms with van der Waals surface area (Å²) in [6.45, 7) is 6.50. The Hall–Kier alpha value is -3.18. The fourth-order valence-corrected chi connectivity index (χ4v) is 9.66. The van der Waals surface area contributed by atoms with Gasteiger partial charge in [-0.15, -0.1) is 0 Å². The first-order valence-electron chi connectivity index (χ1n) is 11.9. The van der Waals surface area contributed by atoms with Crippen molar-refractivity contribution in [3.05, 3.63) is 73.3 Å². The van der Waals surface area contributed by atoms with Crippen LogP contribution in [0.15, 0.2) is 73.3 Å². The second-order valence-electron chi connectivity index (χ2n) is 10.1. The maximum atomic E-state index is 15.4. The lowest BCUT2D eigenvalue weighted by atomic mass is 10.1. The van der Waals surface area contributed by atoms with E-state index in [2.05, 4.69) is 60.0 Å². The Balaban J connectivity index is 1.48. The van der Waals surface area contributed by atoms with Crippen LogP contribution in [0.5, 0.6) is 0 Å². The summed E-state index contributed by atoms with van der Waals surface area (Å²) in [6.07, 6.45) is -2.39. The zero-order valence-electron chi connectivity index (χ0n) is 20.5. The largest absolute Gasteiger partial charge is 0.405 e. The van der Waals surface area contributed by atoms with Gasteiger partial charge in [-0.1, -0.05) is 81.4 Å². The quantitative estimate of drug-likeness (QED) is 0.386. The molecule has 36 heavy (non-hydrogen) atoms. The number of anilines is 1. The van der Waals surface area contributed by atoms with Gasteiger partial charge in [-0.05, 0) is 15.4 Å². The Bertz CT molecular complexity index is 1290. The molecule has 0 radical (unpaired) electrons. The van der Waals surface area contributed by atoms with Crippen LogP contribution in [0.25, 0.3) is 11.2 Å². The number of aliphatic hydroxyl groups is 1. The minimum atomic E-state index is -2.88. The molecule has 0 bridgehead atoms. The summed E-state index contributed by atoms with van der Waals surface area (Å²) in [4.78, 5) is 12.3. The number of fused-ring (bicyclic) bond motifs is 1. The van der Waals surface area contributed by atoms with Gasteiger partial charge in [-0.3, -0.25) is 4.57 Å². The van der Waals surface area contributed by atoms with Crippen molar-refractivity contribution in [2.75, 3.05) is 12.3 Å². The molecule has 0 saturated carbocycles. The molecule has 5 rings (SSSR count). The van der Waals surface area contributed by atoms with Crippen LogP contribution in [0.1, 0.15) is 27.0 Å². The van der Waals surface area contributed by atoms with Crippen molar-refractivity contribution < 1.29 is 18.7 Å². The first kappa shape index (κ1) is 24.5. The number of nitrogens with zero attached hydrogens (tertiary/aromatic N) is 4. The number of hydrogen-bond acceptors (Lipinski definition) is 7. The molecule has 1 aliphatic heterocycles. The minimum absolute atomic E-state index is 0.0229. The molecular weight excluding hydrogens is 477 g/mol. The molecular formula is C26H30FN5O3Si. The van der Waals surface area contributed by atoms with E-state index in [1.807, 2.05) is 36.4 Å². The van der Waals surface area contributed by atoms with Crippen molar-refractivity contribution in [1.29, 1.82) is 0 Å². The van der Waals surface area contributed by atoms with Gasteiger partial charge in [-0.2, -0.15) is 0 Å². The lowest BCUT2D eigenvalue weighted by Crippen LogP contribution is -2.67. The van der Waals surface area contributed by atoms with E-state index in [0.717, 1.165) is 10.4 Å². The monoisotopic (exact) mass is 507 g/mol. The van der Waals surface area contributed by atoms with Crippen LogP contribution in [-0.2, 0) is 9.16 Å². The number of alkyl halides is 1. The maximum absolute atomic E-state index is 15.4. The van der Waals surface area contributed by atoms with Gasteiger partial charge in [0.25, 0.3) is 8.32 Å². The number of aromatic nitrogens is 4. The van der Waals surface area contributed by atoms with Crippen LogP contribution in [-0.4, -0.2) is 57.9 Å². The first-order chi connectivity index (χ1) is 17.2. The molecule has 188 valence electrons. The Labute approximate surface area is 210 Å². The number of benzene rings is 2. The van der Waals surface area contributed by atoms with Crippen molar-refractivity contribution in [2.45, 2.75) is 50.4 Å². The molecule has 4 aromatic rings. The minimum Gasteiger partial charge on any atom is -0.405 e. The predicted molar refractivity (Wildman–Crippen MR) is 138 cm³/mol. The fraction of sp³-hybridized carbons (Fsp3) is 0.346. The summed E-state index contributed by atoms with van der Waals surface area (Å²) < 4.78 is 29.7. The molecule has 0 aliphatic carbocycles. The summed E-state index contributed by atoms with van der Waals surface area (Å²) in [6, 6.07) is 20.3. The molecule has 2 aromatic heterocycles. The van der Waals surface area contributed by atoms with Gasteiger partial charge in [0.2, 0.25) is 0 Å². The molecule has 8 nitrogen and oxygen atoms in total. The number of hydrogen-bond donors (Lipinski definition) is 2. The third-order valence-electron chi connectivity index (χ3n) is 6.84. The van der Waals surface area contributed by atoms with Crippen LogP contribution in [0.4, 0.5) is 10.2 Å². The van der Waals surface area contributed by atoms with E-state index in [4.69, 9.17) is 14.9 Å². The van der Waals surface area contributed by atoms with Gasteiger partial charge < -0.3 is 20.0 Å². The van der Waals surface area contributed by atoms with Crippen molar-refractivity contribution in [2.24, 2.45) is 0 Å². The highest BCUT2D eigenvalue weighted by Gasteiger charge is 2.52. The number of nitrogens with two attached hydrogens (primary N) is 1. The molecule has 0 amide bonds. The average Bonchev–Trinajstić information content (AvgIpc) is 3.42. The number of ether oxygens (including phenoxy) is 1. The molecule has 10 heteroatoms. The topological polar surface area (TPSA) is 108 Å². The van der Waals surface area contributed by atoms with Crippen molar-refractivity contribution >= 4 is 35.7 Å². The lowest BCUT2D eigenvalue weighted by Gasteiger charge is -2.43. The molecule has 1 fully saturated rings. The summed E-state index contributed by atoms with van der Waals surface area (Å²) >= 11 is 0. The highest BCUT2D eigenvalue weighted by atomic mass is 28.4. The van der Waals surface area contributed by atoms with Crippen molar-refractivity contribution in [1.82, 2.24) is 19.5 Å². The Kier molecular flexibility index (Phi) is 6.37. The lowest BCUT2D eigenvalue weighted by molar-refractivity contribution is -0.0428. The predicted octanol–water partition coefficient (Wildman–Crippen LogP) is 2.58. The fourth-order valence-electron chi connectivity index (χ4n) is 5.09. The Morgan fingerprint density at radius 3 is 2.22 bits per heavy atom. The SMILES string of the molecule is CC(C)(C)[Si](OC[C@H]1O[C@@H](n2cnc3c(N)ncnc32)[C@@H](F)[C@@H]1O)(c1ccccc1)c1ccccc1. The molecule has 4 atom stereocenters. The Morgan fingerprint density at radius 2 is 1.64 bits per heavy atom. The summed E-state index contributed by atoms with van der Waals surface area (Å²) in [5.74, 6) is 0.194. The van der Waals surface area contributed by atoms with E-state index in [1.165, 1.54) is 17.2 Å². The van der Waals surface area contributed by atoms with E-state index in [1.54, 1.807) is 0 Å². The number of halogens is 1. The standard InChI is InChI=1S/C26H30FN5O3Si/c1-26(2,3)36(17-10-6-4-7-11-17,18-12-8-5-9-13-18)34-14-19-22(33)20(27)25(35-19)32-16-31-21-23(28)29-15-30-24(21)32/h4-13,15-16,19-20,22,25,33H,14H2,1-3H3,(H2,28,29,30)/t19-,20+,22-,25-/m1/s1. The molecule has 1 aliphatic rings. The van der Waals surface area contributed by atoms with Crippen molar-refractivity contribution in [3.63, 3.8) is 0 Å². The number of imidazole rings is 1. The molecule has 2 aromatic carbocycles. The van der Waals surface area contributed by atoms with E-state index < -0.39 is 32.9 Å². The average molecular weight is 508 g/mol.